The molecule has 0 saturated carbocycles. The van der Waals surface area contributed by atoms with Gasteiger partial charge >= 0.3 is 0 Å². The molecule has 2 rings (SSSR count). The molecule has 0 saturated heterocycles. The predicted octanol–water partition coefficient (Wildman–Crippen LogP) is 3.20. The molecule has 2 aromatic rings. The summed E-state index contributed by atoms with van der Waals surface area (Å²) in [7, 11) is 1.87. The van der Waals surface area contributed by atoms with Crippen molar-refractivity contribution in [1.82, 2.24) is 10.1 Å². The molecule has 0 radical (unpaired) electrons. The third kappa shape index (κ3) is 3.17. The lowest BCUT2D eigenvalue weighted by molar-refractivity contribution is 0.309. The van der Waals surface area contributed by atoms with Gasteiger partial charge in [0, 0.05) is 30.3 Å². The van der Waals surface area contributed by atoms with Crippen LogP contribution in [0.15, 0.2) is 22.7 Å². The molecular weight excluding hydrogens is 250 g/mol. The Balaban J connectivity index is 2.07. The van der Waals surface area contributed by atoms with E-state index < -0.39 is 11.6 Å². The highest BCUT2D eigenvalue weighted by molar-refractivity contribution is 5.22. The second kappa shape index (κ2) is 5.48. The molecule has 0 unspecified atom stereocenters. The van der Waals surface area contributed by atoms with Crippen LogP contribution in [0.4, 0.5) is 8.78 Å². The Morgan fingerprint density at radius 3 is 2.53 bits per heavy atom. The monoisotopic (exact) mass is 266 g/mol. The van der Waals surface area contributed by atoms with Crippen LogP contribution < -0.4 is 0 Å². The number of halogens is 2. The molecule has 102 valence electrons. The van der Waals surface area contributed by atoms with Crippen molar-refractivity contribution in [2.75, 3.05) is 7.05 Å². The Labute approximate surface area is 110 Å². The standard InChI is InChI=1S/C14H16F2N2O/c1-9-13(10(2)19-17-9)8-18(3)7-11-4-5-12(15)6-14(11)16/h4-6H,7-8H2,1-3H3. The van der Waals surface area contributed by atoms with E-state index >= 15 is 0 Å². The van der Waals surface area contributed by atoms with Crippen LogP contribution in [0, 0.1) is 25.5 Å². The summed E-state index contributed by atoms with van der Waals surface area (Å²) in [5.74, 6) is -0.316. The Kier molecular flexibility index (Phi) is 3.95. The summed E-state index contributed by atoms with van der Waals surface area (Å²) in [4.78, 5) is 1.93. The minimum Gasteiger partial charge on any atom is -0.361 e. The topological polar surface area (TPSA) is 29.3 Å². The molecule has 0 aliphatic heterocycles. The van der Waals surface area contributed by atoms with Crippen LogP contribution in [-0.2, 0) is 13.1 Å². The van der Waals surface area contributed by atoms with Crippen LogP contribution in [0.3, 0.4) is 0 Å². The Hall–Kier alpha value is -1.75. The van der Waals surface area contributed by atoms with Crippen LogP contribution >= 0.6 is 0 Å². The van der Waals surface area contributed by atoms with Gasteiger partial charge in [-0.05, 0) is 27.0 Å². The van der Waals surface area contributed by atoms with Gasteiger partial charge in [0.1, 0.15) is 17.4 Å². The molecule has 0 fully saturated rings. The third-order valence-electron chi connectivity index (χ3n) is 3.06. The minimum atomic E-state index is -0.561. The lowest BCUT2D eigenvalue weighted by Crippen LogP contribution is -2.18. The second-order valence-electron chi connectivity index (χ2n) is 4.71. The van der Waals surface area contributed by atoms with Crippen LogP contribution in [0.5, 0.6) is 0 Å². The number of nitrogens with zero attached hydrogens (tertiary/aromatic N) is 2. The van der Waals surface area contributed by atoms with E-state index in [0.717, 1.165) is 23.1 Å². The van der Waals surface area contributed by atoms with Gasteiger partial charge in [0.25, 0.3) is 0 Å². The van der Waals surface area contributed by atoms with E-state index in [-0.39, 0.29) is 0 Å². The highest BCUT2D eigenvalue weighted by Crippen LogP contribution is 2.17. The van der Waals surface area contributed by atoms with Crippen LogP contribution in [0.2, 0.25) is 0 Å². The van der Waals surface area contributed by atoms with E-state index in [0.29, 0.717) is 18.7 Å². The maximum Gasteiger partial charge on any atom is 0.138 e. The van der Waals surface area contributed by atoms with Gasteiger partial charge < -0.3 is 4.52 Å². The molecule has 19 heavy (non-hydrogen) atoms. The van der Waals surface area contributed by atoms with Gasteiger partial charge in [0.15, 0.2) is 0 Å². The average Bonchev–Trinajstić information content (AvgIpc) is 2.65. The number of aromatic nitrogens is 1. The number of aryl methyl sites for hydroxylation is 2. The predicted molar refractivity (Wildman–Crippen MR) is 67.5 cm³/mol. The molecule has 0 atom stereocenters. The molecule has 0 aliphatic rings. The molecular formula is C14H16F2N2O. The largest absolute Gasteiger partial charge is 0.361 e. The van der Waals surface area contributed by atoms with E-state index in [1.807, 2.05) is 25.8 Å². The van der Waals surface area contributed by atoms with E-state index in [2.05, 4.69) is 5.16 Å². The van der Waals surface area contributed by atoms with Crippen LogP contribution in [0.25, 0.3) is 0 Å². The Morgan fingerprint density at radius 2 is 1.95 bits per heavy atom. The highest BCUT2D eigenvalue weighted by atomic mass is 19.1. The fraction of sp³-hybridized carbons (Fsp3) is 0.357. The fourth-order valence-electron chi connectivity index (χ4n) is 1.99. The summed E-state index contributed by atoms with van der Waals surface area (Å²) in [6.07, 6.45) is 0. The third-order valence-corrected chi connectivity index (χ3v) is 3.06. The summed E-state index contributed by atoms with van der Waals surface area (Å²) in [5, 5.41) is 3.88. The maximum absolute atomic E-state index is 13.6. The lowest BCUT2D eigenvalue weighted by Gasteiger charge is -2.16. The molecule has 1 aromatic heterocycles. The minimum absolute atomic E-state index is 0.399. The second-order valence-corrected chi connectivity index (χ2v) is 4.71. The zero-order valence-corrected chi connectivity index (χ0v) is 11.2. The molecule has 3 nitrogen and oxygen atoms in total. The molecule has 0 spiro atoms. The maximum atomic E-state index is 13.6. The fourth-order valence-corrected chi connectivity index (χ4v) is 1.99. The van der Waals surface area contributed by atoms with Crippen molar-refractivity contribution in [2.24, 2.45) is 0 Å². The molecule has 1 heterocycles. The van der Waals surface area contributed by atoms with E-state index in [1.165, 1.54) is 12.1 Å². The molecule has 0 aliphatic carbocycles. The van der Waals surface area contributed by atoms with E-state index in [1.54, 1.807) is 0 Å². The number of benzene rings is 1. The van der Waals surface area contributed by atoms with Gasteiger partial charge in [-0.2, -0.15) is 0 Å². The van der Waals surface area contributed by atoms with Crippen LogP contribution in [-0.4, -0.2) is 17.1 Å². The van der Waals surface area contributed by atoms with Gasteiger partial charge in [0.05, 0.1) is 5.69 Å². The highest BCUT2D eigenvalue weighted by Gasteiger charge is 2.13. The zero-order chi connectivity index (χ0) is 14.0. The molecule has 5 heteroatoms. The first-order chi connectivity index (χ1) is 8.97. The van der Waals surface area contributed by atoms with E-state index in [4.69, 9.17) is 4.52 Å². The number of rotatable bonds is 4. The molecule has 0 N–H and O–H groups in total. The van der Waals surface area contributed by atoms with Gasteiger partial charge in [0.2, 0.25) is 0 Å². The van der Waals surface area contributed by atoms with Crippen molar-refractivity contribution in [1.29, 1.82) is 0 Å². The Bertz CT molecular complexity index is 561. The summed E-state index contributed by atoms with van der Waals surface area (Å²) in [6.45, 7) is 4.73. The van der Waals surface area contributed by atoms with Crippen molar-refractivity contribution >= 4 is 0 Å². The van der Waals surface area contributed by atoms with E-state index in [9.17, 15) is 8.78 Å². The summed E-state index contributed by atoms with van der Waals surface area (Å²) in [5.41, 5.74) is 2.31. The smallest absolute Gasteiger partial charge is 0.138 e. The zero-order valence-electron chi connectivity index (χ0n) is 11.2. The van der Waals surface area contributed by atoms with Crippen molar-refractivity contribution in [3.05, 3.63) is 52.4 Å². The van der Waals surface area contributed by atoms with Gasteiger partial charge in [-0.1, -0.05) is 11.2 Å². The first-order valence-corrected chi connectivity index (χ1v) is 6.01. The normalized spacial score (nSPS) is 11.3. The number of hydrogen-bond donors (Lipinski definition) is 0. The van der Waals surface area contributed by atoms with Crippen molar-refractivity contribution < 1.29 is 13.3 Å². The van der Waals surface area contributed by atoms with Gasteiger partial charge in [-0.25, -0.2) is 8.78 Å². The van der Waals surface area contributed by atoms with Crippen molar-refractivity contribution in [2.45, 2.75) is 26.9 Å². The first kappa shape index (κ1) is 13.7. The molecule has 0 amide bonds. The first-order valence-electron chi connectivity index (χ1n) is 6.01. The van der Waals surface area contributed by atoms with Crippen LogP contribution in [0.1, 0.15) is 22.6 Å². The van der Waals surface area contributed by atoms with Crippen molar-refractivity contribution in [3.8, 4) is 0 Å². The quantitative estimate of drug-likeness (QED) is 0.851. The molecule has 1 aromatic carbocycles. The Morgan fingerprint density at radius 1 is 1.21 bits per heavy atom. The molecule has 0 bridgehead atoms. The average molecular weight is 266 g/mol. The van der Waals surface area contributed by atoms with Gasteiger partial charge in [-0.15, -0.1) is 0 Å². The lowest BCUT2D eigenvalue weighted by atomic mass is 10.1. The van der Waals surface area contributed by atoms with Crippen molar-refractivity contribution in [3.63, 3.8) is 0 Å². The number of hydrogen-bond acceptors (Lipinski definition) is 3. The summed E-state index contributed by atoms with van der Waals surface area (Å²) >= 11 is 0. The van der Waals surface area contributed by atoms with Gasteiger partial charge in [-0.3, -0.25) is 4.90 Å². The SMILES string of the molecule is Cc1noc(C)c1CN(C)Cc1ccc(F)cc1F. The summed E-state index contributed by atoms with van der Waals surface area (Å²) < 4.78 is 31.5. The summed E-state index contributed by atoms with van der Waals surface area (Å²) in [6, 6.07) is 3.63.